The minimum absolute atomic E-state index is 0.111. The van der Waals surface area contributed by atoms with Crippen LogP contribution in [-0.2, 0) is 0 Å². The monoisotopic (exact) mass is 383 g/mol. The number of anilines is 1. The molecule has 2 aromatic carbocycles. The highest BCUT2D eigenvalue weighted by molar-refractivity contribution is 7.99. The Bertz CT molecular complexity index is 741. The predicted octanol–water partition coefficient (Wildman–Crippen LogP) is 4.03. The van der Waals surface area contributed by atoms with E-state index in [4.69, 9.17) is 23.8 Å². The number of non-ortho nitro benzene ring substituents is 1. The second-order valence-corrected chi connectivity index (χ2v) is 6.65. The quantitative estimate of drug-likeness (QED) is 0.173. The van der Waals surface area contributed by atoms with Gasteiger partial charge < -0.3 is 15.7 Å². The number of rotatable bonds is 6. The molecule has 0 bridgehead atoms. The number of thioether (sulfide) groups is 1. The molecule has 24 heavy (non-hydrogen) atoms. The van der Waals surface area contributed by atoms with Crippen LogP contribution in [-0.4, -0.2) is 27.4 Å². The molecule has 6 nitrogen and oxygen atoms in total. The van der Waals surface area contributed by atoms with Crippen molar-refractivity contribution < 1.29 is 10.0 Å². The van der Waals surface area contributed by atoms with E-state index in [9.17, 15) is 15.2 Å². The third-order valence-corrected chi connectivity index (χ3v) is 4.42. The standard InChI is InChI=1S/C15H14ClN3O3S2/c16-10-1-4-12(5-2-10)24-8-7-17-15(23)18-13-9-11(19(21)22)3-6-14(13)20/h1-6,9,20H,7-8H2,(H2,17,18,23). The first-order valence-electron chi connectivity index (χ1n) is 6.86. The Kier molecular flexibility index (Phi) is 6.65. The van der Waals surface area contributed by atoms with Gasteiger partial charge >= 0.3 is 0 Å². The van der Waals surface area contributed by atoms with Gasteiger partial charge in [-0.3, -0.25) is 10.1 Å². The second kappa shape index (κ2) is 8.72. The molecule has 0 aromatic heterocycles. The first kappa shape index (κ1) is 18.3. The zero-order valence-electron chi connectivity index (χ0n) is 12.4. The van der Waals surface area contributed by atoms with Crippen LogP contribution in [0, 0.1) is 10.1 Å². The number of phenols is 1. The third kappa shape index (κ3) is 5.55. The zero-order valence-corrected chi connectivity index (χ0v) is 14.7. The number of nitrogens with one attached hydrogen (secondary N) is 2. The third-order valence-electron chi connectivity index (χ3n) is 2.91. The van der Waals surface area contributed by atoms with Crippen molar-refractivity contribution in [2.24, 2.45) is 0 Å². The normalized spacial score (nSPS) is 10.2. The topological polar surface area (TPSA) is 87.4 Å². The van der Waals surface area contributed by atoms with Crippen LogP contribution in [0.15, 0.2) is 47.4 Å². The Hall–Kier alpha value is -2.03. The smallest absolute Gasteiger partial charge is 0.271 e. The maximum absolute atomic E-state index is 10.8. The lowest BCUT2D eigenvalue weighted by Gasteiger charge is -2.11. The maximum atomic E-state index is 10.8. The fourth-order valence-electron chi connectivity index (χ4n) is 1.77. The summed E-state index contributed by atoms with van der Waals surface area (Å²) >= 11 is 12.6. The summed E-state index contributed by atoms with van der Waals surface area (Å²) in [7, 11) is 0. The van der Waals surface area contributed by atoms with E-state index < -0.39 is 4.92 Å². The van der Waals surface area contributed by atoms with Crippen LogP contribution < -0.4 is 10.6 Å². The van der Waals surface area contributed by atoms with Gasteiger partial charge in [-0.2, -0.15) is 0 Å². The number of nitrogens with zero attached hydrogens (tertiary/aromatic N) is 1. The second-order valence-electron chi connectivity index (χ2n) is 4.64. The molecule has 126 valence electrons. The predicted molar refractivity (Wildman–Crippen MR) is 101 cm³/mol. The SMILES string of the molecule is O=[N+]([O-])c1ccc(O)c(NC(=S)NCCSc2ccc(Cl)cc2)c1. The fourth-order valence-corrected chi connectivity index (χ4v) is 2.87. The summed E-state index contributed by atoms with van der Waals surface area (Å²) < 4.78 is 0. The van der Waals surface area contributed by atoms with Gasteiger partial charge in [0.25, 0.3) is 5.69 Å². The Balaban J connectivity index is 1.80. The van der Waals surface area contributed by atoms with Gasteiger partial charge in [-0.1, -0.05) is 11.6 Å². The van der Waals surface area contributed by atoms with Gasteiger partial charge in [-0.15, -0.1) is 11.8 Å². The van der Waals surface area contributed by atoms with Crippen LogP contribution >= 0.6 is 35.6 Å². The molecule has 0 aliphatic carbocycles. The molecule has 2 rings (SSSR count). The number of nitro groups is 1. The Morgan fingerprint density at radius 3 is 2.67 bits per heavy atom. The van der Waals surface area contributed by atoms with Gasteiger partial charge in [0.1, 0.15) is 5.75 Å². The van der Waals surface area contributed by atoms with Gasteiger partial charge in [0.15, 0.2) is 5.11 Å². The minimum atomic E-state index is -0.538. The Morgan fingerprint density at radius 1 is 1.29 bits per heavy atom. The molecule has 0 heterocycles. The van der Waals surface area contributed by atoms with Gasteiger partial charge in [0, 0.05) is 34.3 Å². The molecule has 0 radical (unpaired) electrons. The van der Waals surface area contributed by atoms with Gasteiger partial charge in [-0.25, -0.2) is 0 Å². The summed E-state index contributed by atoms with van der Waals surface area (Å²) in [5.74, 6) is 0.657. The van der Waals surface area contributed by atoms with E-state index in [-0.39, 0.29) is 22.2 Å². The summed E-state index contributed by atoms with van der Waals surface area (Å²) in [5, 5.41) is 27.2. The number of benzene rings is 2. The highest BCUT2D eigenvalue weighted by Gasteiger charge is 2.11. The van der Waals surface area contributed by atoms with Crippen molar-refractivity contribution >= 4 is 52.1 Å². The molecular formula is C15H14ClN3O3S2. The molecule has 0 spiro atoms. The van der Waals surface area contributed by atoms with Crippen molar-refractivity contribution in [1.29, 1.82) is 0 Å². The molecular weight excluding hydrogens is 370 g/mol. The van der Waals surface area contributed by atoms with E-state index >= 15 is 0 Å². The Morgan fingerprint density at radius 2 is 2.00 bits per heavy atom. The van der Waals surface area contributed by atoms with Crippen molar-refractivity contribution in [3.63, 3.8) is 0 Å². The van der Waals surface area contributed by atoms with Crippen LogP contribution in [0.2, 0.25) is 5.02 Å². The van der Waals surface area contributed by atoms with E-state index in [2.05, 4.69) is 10.6 Å². The number of hydrogen-bond donors (Lipinski definition) is 3. The first-order chi connectivity index (χ1) is 11.5. The summed E-state index contributed by atoms with van der Waals surface area (Å²) in [6.07, 6.45) is 0. The number of aromatic hydroxyl groups is 1. The first-order valence-corrected chi connectivity index (χ1v) is 8.63. The van der Waals surface area contributed by atoms with E-state index in [1.807, 2.05) is 24.3 Å². The van der Waals surface area contributed by atoms with Crippen molar-refractivity contribution in [2.45, 2.75) is 4.90 Å². The highest BCUT2D eigenvalue weighted by Crippen LogP contribution is 2.27. The Labute approximate surface area is 153 Å². The summed E-state index contributed by atoms with van der Waals surface area (Å²) in [4.78, 5) is 11.3. The molecule has 0 aliphatic heterocycles. The average molecular weight is 384 g/mol. The van der Waals surface area contributed by atoms with Crippen LogP contribution in [0.5, 0.6) is 5.75 Å². The highest BCUT2D eigenvalue weighted by atomic mass is 35.5. The molecule has 0 saturated carbocycles. The lowest BCUT2D eigenvalue weighted by Crippen LogP contribution is -2.30. The van der Waals surface area contributed by atoms with Gasteiger partial charge in [-0.05, 0) is 42.5 Å². The zero-order chi connectivity index (χ0) is 17.5. The molecule has 0 fully saturated rings. The number of hydrogen-bond acceptors (Lipinski definition) is 5. The van der Waals surface area contributed by atoms with E-state index in [0.29, 0.717) is 11.6 Å². The van der Waals surface area contributed by atoms with Crippen molar-refractivity contribution in [3.05, 3.63) is 57.6 Å². The number of thiocarbonyl (C=S) groups is 1. The summed E-state index contributed by atoms with van der Waals surface area (Å²) in [6.45, 7) is 0.592. The number of nitro benzene ring substituents is 1. The number of halogens is 1. The van der Waals surface area contributed by atoms with Crippen molar-refractivity contribution in [2.75, 3.05) is 17.6 Å². The molecule has 0 unspecified atom stereocenters. The molecule has 0 amide bonds. The van der Waals surface area contributed by atoms with Crippen LogP contribution in [0.1, 0.15) is 0 Å². The molecule has 9 heteroatoms. The largest absolute Gasteiger partial charge is 0.506 e. The van der Waals surface area contributed by atoms with Crippen LogP contribution in [0.4, 0.5) is 11.4 Å². The fraction of sp³-hybridized carbons (Fsp3) is 0.133. The summed E-state index contributed by atoms with van der Waals surface area (Å²) in [6, 6.07) is 11.2. The summed E-state index contributed by atoms with van der Waals surface area (Å²) in [5.41, 5.74) is 0.0587. The van der Waals surface area contributed by atoms with E-state index in [1.54, 1.807) is 11.8 Å². The molecule has 2 aromatic rings. The molecule has 0 saturated heterocycles. The average Bonchev–Trinajstić information content (AvgIpc) is 2.55. The molecule has 0 aliphatic rings. The van der Waals surface area contributed by atoms with Gasteiger partial charge in [0.05, 0.1) is 10.6 Å². The number of phenolic OH excluding ortho intramolecular Hbond substituents is 1. The lowest BCUT2D eigenvalue weighted by molar-refractivity contribution is -0.384. The maximum Gasteiger partial charge on any atom is 0.271 e. The van der Waals surface area contributed by atoms with E-state index in [1.165, 1.54) is 18.2 Å². The van der Waals surface area contributed by atoms with Crippen LogP contribution in [0.25, 0.3) is 0 Å². The lowest BCUT2D eigenvalue weighted by atomic mass is 10.2. The molecule has 3 N–H and O–H groups in total. The van der Waals surface area contributed by atoms with Crippen LogP contribution in [0.3, 0.4) is 0 Å². The molecule has 0 atom stereocenters. The minimum Gasteiger partial charge on any atom is -0.506 e. The van der Waals surface area contributed by atoms with Gasteiger partial charge in [0.2, 0.25) is 0 Å². The van der Waals surface area contributed by atoms with Crippen molar-refractivity contribution in [3.8, 4) is 5.75 Å². The van der Waals surface area contributed by atoms with Crippen molar-refractivity contribution in [1.82, 2.24) is 5.32 Å². The van der Waals surface area contributed by atoms with E-state index in [0.717, 1.165) is 10.6 Å².